The number of piperidine rings is 1. The molecule has 1 aliphatic heterocycles. The van der Waals surface area contributed by atoms with Gasteiger partial charge in [-0.05, 0) is 49.4 Å². The van der Waals surface area contributed by atoms with E-state index in [4.69, 9.17) is 4.74 Å². The number of carbonyl (C=O) groups is 2. The summed E-state index contributed by atoms with van der Waals surface area (Å²) in [4.78, 5) is 29.6. The molecular weight excluding hydrogens is 432 g/mol. The summed E-state index contributed by atoms with van der Waals surface area (Å²) in [5.74, 6) is -0.00401. The third kappa shape index (κ3) is 5.52. The Morgan fingerprint density at radius 3 is 2.48 bits per heavy atom. The van der Waals surface area contributed by atoms with Gasteiger partial charge in [0.25, 0.3) is 0 Å². The zero-order chi connectivity index (χ0) is 23.2. The molecule has 2 heterocycles. The van der Waals surface area contributed by atoms with E-state index in [2.05, 4.69) is 17.1 Å². The molecule has 1 aliphatic rings. The molecule has 1 aromatic heterocycles. The molecule has 6 heteroatoms. The Morgan fingerprint density at radius 2 is 1.82 bits per heavy atom. The van der Waals surface area contributed by atoms with Crippen LogP contribution in [0, 0.1) is 5.92 Å². The van der Waals surface area contributed by atoms with Crippen LogP contribution in [0.4, 0.5) is 5.00 Å². The number of ether oxygens (including phenoxy) is 1. The molecule has 0 spiro atoms. The van der Waals surface area contributed by atoms with Crippen molar-refractivity contribution in [2.75, 3.05) is 25.0 Å². The van der Waals surface area contributed by atoms with E-state index in [1.807, 2.05) is 66.7 Å². The molecule has 172 valence electrons. The Bertz CT molecular complexity index is 1080. The quantitative estimate of drug-likeness (QED) is 0.437. The molecule has 0 saturated carbocycles. The summed E-state index contributed by atoms with van der Waals surface area (Å²) in [7, 11) is 0. The van der Waals surface area contributed by atoms with Crippen LogP contribution in [-0.2, 0) is 9.53 Å². The number of hydrogen-bond acceptors (Lipinski definition) is 5. The molecule has 0 aliphatic carbocycles. The minimum absolute atomic E-state index is 0.123. The second-order valence-electron chi connectivity index (χ2n) is 8.48. The van der Waals surface area contributed by atoms with Gasteiger partial charge in [-0.15, -0.1) is 11.3 Å². The van der Waals surface area contributed by atoms with E-state index in [1.54, 1.807) is 6.92 Å². The zero-order valence-electron chi connectivity index (χ0n) is 19.1. The lowest BCUT2D eigenvalue weighted by Crippen LogP contribution is -2.42. The predicted molar refractivity (Wildman–Crippen MR) is 133 cm³/mol. The van der Waals surface area contributed by atoms with Crippen molar-refractivity contribution in [1.29, 1.82) is 0 Å². The van der Waals surface area contributed by atoms with E-state index < -0.39 is 12.0 Å². The summed E-state index contributed by atoms with van der Waals surface area (Å²) in [6.07, 6.45) is 2.25. The molecule has 5 nitrogen and oxygen atoms in total. The average Bonchev–Trinajstić information content (AvgIpc) is 3.24. The Morgan fingerprint density at radius 1 is 1.12 bits per heavy atom. The van der Waals surface area contributed by atoms with E-state index in [1.165, 1.54) is 17.8 Å². The van der Waals surface area contributed by atoms with E-state index >= 15 is 0 Å². The standard InChI is InChI=1S/C27H30N2O3S/c1-3-32-27(31)22-17-23(20-12-6-4-7-13-20)33-26(22)28-25(30)24(21-14-8-5-9-15-21)29-16-10-11-19(2)18-29/h4-9,12-15,17,19,24H,3,10-11,16,18H2,1-2H3,(H,28,30)/t19-,24+/m1/s1. The van der Waals surface area contributed by atoms with Gasteiger partial charge in [0.15, 0.2) is 0 Å². The number of amides is 1. The third-order valence-electron chi connectivity index (χ3n) is 5.94. The topological polar surface area (TPSA) is 58.6 Å². The number of anilines is 1. The van der Waals surface area contributed by atoms with Crippen LogP contribution >= 0.6 is 11.3 Å². The summed E-state index contributed by atoms with van der Waals surface area (Å²) >= 11 is 1.40. The van der Waals surface area contributed by atoms with Crippen molar-refractivity contribution in [2.24, 2.45) is 5.92 Å². The van der Waals surface area contributed by atoms with Crippen LogP contribution in [-0.4, -0.2) is 36.5 Å². The van der Waals surface area contributed by atoms with Crippen molar-refractivity contribution in [3.05, 3.63) is 77.9 Å². The van der Waals surface area contributed by atoms with Crippen LogP contribution in [0.15, 0.2) is 66.7 Å². The zero-order valence-corrected chi connectivity index (χ0v) is 19.9. The minimum atomic E-state index is -0.422. The van der Waals surface area contributed by atoms with Crippen molar-refractivity contribution in [1.82, 2.24) is 4.90 Å². The first-order valence-electron chi connectivity index (χ1n) is 11.5. The smallest absolute Gasteiger partial charge is 0.341 e. The highest BCUT2D eigenvalue weighted by Gasteiger charge is 2.32. The molecule has 0 radical (unpaired) electrons. The van der Waals surface area contributed by atoms with Gasteiger partial charge in [0.1, 0.15) is 11.0 Å². The predicted octanol–water partition coefficient (Wildman–Crippen LogP) is 6.00. The van der Waals surface area contributed by atoms with Gasteiger partial charge in [-0.2, -0.15) is 0 Å². The van der Waals surface area contributed by atoms with Crippen molar-refractivity contribution in [2.45, 2.75) is 32.7 Å². The molecule has 4 rings (SSSR count). The summed E-state index contributed by atoms with van der Waals surface area (Å²) < 4.78 is 5.28. The van der Waals surface area contributed by atoms with Crippen molar-refractivity contribution in [3.8, 4) is 10.4 Å². The number of nitrogens with zero attached hydrogens (tertiary/aromatic N) is 1. The number of rotatable bonds is 7. The summed E-state index contributed by atoms with van der Waals surface area (Å²) in [6, 6.07) is 21.2. The Balaban J connectivity index is 1.67. The van der Waals surface area contributed by atoms with Crippen LogP contribution in [0.5, 0.6) is 0 Å². The fraction of sp³-hybridized carbons (Fsp3) is 0.333. The van der Waals surface area contributed by atoms with Crippen LogP contribution in [0.25, 0.3) is 10.4 Å². The van der Waals surface area contributed by atoms with Gasteiger partial charge in [0.05, 0.1) is 12.2 Å². The van der Waals surface area contributed by atoms with E-state index in [0.29, 0.717) is 16.5 Å². The second kappa shape index (κ2) is 10.8. The molecular formula is C27H30N2O3S. The maximum atomic E-state index is 13.7. The van der Waals surface area contributed by atoms with Crippen LogP contribution < -0.4 is 5.32 Å². The first kappa shape index (κ1) is 23.2. The monoisotopic (exact) mass is 462 g/mol. The van der Waals surface area contributed by atoms with Gasteiger partial charge in [-0.25, -0.2) is 4.79 Å². The highest BCUT2D eigenvalue weighted by atomic mass is 32.1. The molecule has 1 saturated heterocycles. The minimum Gasteiger partial charge on any atom is -0.462 e. The molecule has 33 heavy (non-hydrogen) atoms. The normalized spacial score (nSPS) is 17.3. The lowest BCUT2D eigenvalue weighted by molar-refractivity contribution is -0.122. The largest absolute Gasteiger partial charge is 0.462 e. The molecule has 2 atom stereocenters. The molecule has 2 aromatic carbocycles. The first-order chi connectivity index (χ1) is 16.1. The highest BCUT2D eigenvalue weighted by Crippen LogP contribution is 2.37. The lowest BCUT2D eigenvalue weighted by atomic mass is 9.95. The number of hydrogen-bond donors (Lipinski definition) is 1. The van der Waals surface area contributed by atoms with Crippen LogP contribution in [0.1, 0.15) is 48.7 Å². The maximum Gasteiger partial charge on any atom is 0.341 e. The van der Waals surface area contributed by atoms with Gasteiger partial charge in [0.2, 0.25) is 5.91 Å². The Hall–Kier alpha value is -2.96. The number of benzene rings is 2. The van der Waals surface area contributed by atoms with E-state index in [-0.39, 0.29) is 12.5 Å². The number of thiophene rings is 1. The van der Waals surface area contributed by atoms with Gasteiger partial charge < -0.3 is 10.1 Å². The Labute approximate surface area is 199 Å². The number of esters is 1. The molecule has 0 bridgehead atoms. The summed E-state index contributed by atoms with van der Waals surface area (Å²) in [6.45, 7) is 6.04. The number of likely N-dealkylation sites (tertiary alicyclic amines) is 1. The second-order valence-corrected chi connectivity index (χ2v) is 9.54. The van der Waals surface area contributed by atoms with Gasteiger partial charge >= 0.3 is 5.97 Å². The number of nitrogens with one attached hydrogen (secondary N) is 1. The van der Waals surface area contributed by atoms with Gasteiger partial charge in [0, 0.05) is 11.4 Å². The van der Waals surface area contributed by atoms with Crippen molar-refractivity contribution >= 4 is 28.2 Å². The molecule has 0 unspecified atom stereocenters. The van der Waals surface area contributed by atoms with Gasteiger partial charge in [-0.3, -0.25) is 9.69 Å². The fourth-order valence-electron chi connectivity index (χ4n) is 4.39. The summed E-state index contributed by atoms with van der Waals surface area (Å²) in [5, 5.41) is 3.62. The highest BCUT2D eigenvalue weighted by molar-refractivity contribution is 7.20. The Kier molecular flexibility index (Phi) is 7.57. The lowest BCUT2D eigenvalue weighted by Gasteiger charge is -2.36. The van der Waals surface area contributed by atoms with Crippen LogP contribution in [0.2, 0.25) is 0 Å². The fourth-order valence-corrected chi connectivity index (χ4v) is 5.45. The molecule has 1 fully saturated rings. The summed E-state index contributed by atoms with van der Waals surface area (Å²) in [5.41, 5.74) is 2.35. The maximum absolute atomic E-state index is 13.7. The molecule has 1 N–H and O–H groups in total. The van der Waals surface area contributed by atoms with Crippen molar-refractivity contribution < 1.29 is 14.3 Å². The van der Waals surface area contributed by atoms with Crippen LogP contribution in [0.3, 0.4) is 0 Å². The van der Waals surface area contributed by atoms with E-state index in [9.17, 15) is 9.59 Å². The SMILES string of the molecule is CCOC(=O)c1cc(-c2ccccc2)sc1NC(=O)[C@H](c1ccccc1)N1CCC[C@@H](C)C1. The molecule has 1 amide bonds. The third-order valence-corrected chi connectivity index (χ3v) is 7.04. The van der Waals surface area contributed by atoms with E-state index in [0.717, 1.165) is 35.5 Å². The van der Waals surface area contributed by atoms with Gasteiger partial charge in [-0.1, -0.05) is 67.6 Å². The average molecular weight is 463 g/mol. The molecule has 3 aromatic rings. The first-order valence-corrected chi connectivity index (χ1v) is 12.3. The number of carbonyl (C=O) groups excluding carboxylic acids is 2. The van der Waals surface area contributed by atoms with Crippen molar-refractivity contribution in [3.63, 3.8) is 0 Å².